The van der Waals surface area contributed by atoms with E-state index < -0.39 is 5.82 Å². The number of ether oxygens (including phenoxy) is 1. The fraction of sp³-hybridized carbons (Fsp3) is 0.0909. The number of aromatic amines is 1. The second-order valence-electron chi connectivity index (χ2n) is 3.25. The molecule has 0 spiro atoms. The van der Waals surface area contributed by atoms with Gasteiger partial charge in [-0.2, -0.15) is 0 Å². The van der Waals surface area contributed by atoms with Crippen LogP contribution in [-0.2, 0) is 0 Å². The lowest BCUT2D eigenvalue weighted by Crippen LogP contribution is -1.89. The number of rotatable bonds is 3. The summed E-state index contributed by atoms with van der Waals surface area (Å²) >= 11 is 3.25. The summed E-state index contributed by atoms with van der Waals surface area (Å²) in [6.45, 7) is 0. The number of hydrogen-bond acceptors (Lipinski definition) is 3. The number of methoxy groups -OCH3 is 1. The topological polar surface area (TPSA) is 55.0 Å². The average molecular weight is 299 g/mol. The Labute approximate surface area is 105 Å². The molecule has 1 heterocycles. The predicted molar refractivity (Wildman–Crippen MR) is 63.6 cm³/mol. The Kier molecular flexibility index (Phi) is 3.23. The van der Waals surface area contributed by atoms with E-state index in [0.717, 1.165) is 0 Å². The van der Waals surface area contributed by atoms with Crippen LogP contribution in [0.1, 0.15) is 10.6 Å². The molecule has 1 aromatic heterocycles. The first-order chi connectivity index (χ1) is 8.15. The maximum atomic E-state index is 13.2. The number of nitrogens with one attached hydrogen (secondary N) is 1. The zero-order valence-corrected chi connectivity index (χ0v) is 10.4. The monoisotopic (exact) mass is 298 g/mol. The number of carbonyl (C=O) groups excluding carboxylic acids is 1. The largest absolute Gasteiger partial charge is 0.494 e. The summed E-state index contributed by atoms with van der Waals surface area (Å²) in [6, 6.07) is 4.37. The molecular formula is C11H8BrFN2O2. The quantitative estimate of drug-likeness (QED) is 0.887. The molecule has 0 saturated carbocycles. The molecule has 1 aromatic carbocycles. The second-order valence-corrected chi connectivity index (χ2v) is 4.04. The van der Waals surface area contributed by atoms with E-state index >= 15 is 0 Å². The van der Waals surface area contributed by atoms with Crippen molar-refractivity contribution in [2.24, 2.45) is 0 Å². The molecule has 0 saturated heterocycles. The van der Waals surface area contributed by atoms with Crippen LogP contribution in [0.5, 0.6) is 5.75 Å². The number of benzene rings is 1. The van der Waals surface area contributed by atoms with Crippen molar-refractivity contribution >= 4 is 22.2 Å². The van der Waals surface area contributed by atoms with Crippen molar-refractivity contribution in [3.05, 3.63) is 34.4 Å². The van der Waals surface area contributed by atoms with Gasteiger partial charge in [-0.15, -0.1) is 0 Å². The van der Waals surface area contributed by atoms with E-state index in [-0.39, 0.29) is 11.6 Å². The van der Waals surface area contributed by atoms with Gasteiger partial charge in [0, 0.05) is 5.56 Å². The number of halogens is 2. The summed E-state index contributed by atoms with van der Waals surface area (Å²) in [4.78, 5) is 17.4. The number of hydrogen-bond donors (Lipinski definition) is 1. The summed E-state index contributed by atoms with van der Waals surface area (Å²) in [5, 5.41) is 0. The van der Waals surface area contributed by atoms with Gasteiger partial charge in [0.2, 0.25) is 0 Å². The summed E-state index contributed by atoms with van der Waals surface area (Å²) in [5.41, 5.74) is 1.19. The second kappa shape index (κ2) is 4.67. The van der Waals surface area contributed by atoms with Crippen molar-refractivity contribution in [3.63, 3.8) is 0 Å². The Morgan fingerprint density at radius 3 is 2.88 bits per heavy atom. The SMILES string of the molecule is COc1cc(-c2nc(C=O)[nH]c2Br)ccc1F. The van der Waals surface area contributed by atoms with Gasteiger partial charge in [0.25, 0.3) is 0 Å². The van der Waals surface area contributed by atoms with Gasteiger partial charge in [-0.25, -0.2) is 9.37 Å². The molecule has 0 aliphatic rings. The highest BCUT2D eigenvalue weighted by molar-refractivity contribution is 9.10. The lowest BCUT2D eigenvalue weighted by atomic mass is 10.1. The number of H-pyrrole nitrogens is 1. The van der Waals surface area contributed by atoms with E-state index in [1.165, 1.54) is 19.2 Å². The number of aldehydes is 1. The fourth-order valence-corrected chi connectivity index (χ4v) is 1.94. The molecule has 6 heteroatoms. The van der Waals surface area contributed by atoms with E-state index in [1.807, 2.05) is 0 Å². The van der Waals surface area contributed by atoms with E-state index in [1.54, 1.807) is 6.07 Å². The van der Waals surface area contributed by atoms with Gasteiger partial charge in [0.1, 0.15) is 10.3 Å². The lowest BCUT2D eigenvalue weighted by molar-refractivity contribution is 0.111. The average Bonchev–Trinajstić information content (AvgIpc) is 2.71. The minimum Gasteiger partial charge on any atom is -0.494 e. The van der Waals surface area contributed by atoms with E-state index in [9.17, 15) is 9.18 Å². The van der Waals surface area contributed by atoms with Crippen LogP contribution in [0.15, 0.2) is 22.8 Å². The Bertz CT molecular complexity index is 569. The van der Waals surface area contributed by atoms with E-state index in [4.69, 9.17) is 4.74 Å². The van der Waals surface area contributed by atoms with Gasteiger partial charge in [-0.05, 0) is 34.1 Å². The van der Waals surface area contributed by atoms with Crippen molar-refractivity contribution in [1.29, 1.82) is 0 Å². The molecule has 0 fully saturated rings. The molecule has 4 nitrogen and oxygen atoms in total. The van der Waals surface area contributed by atoms with Crippen LogP contribution in [-0.4, -0.2) is 23.4 Å². The Hall–Kier alpha value is -1.69. The normalized spacial score (nSPS) is 10.3. The van der Waals surface area contributed by atoms with Crippen molar-refractivity contribution in [1.82, 2.24) is 9.97 Å². The minimum absolute atomic E-state index is 0.130. The van der Waals surface area contributed by atoms with Gasteiger partial charge in [-0.1, -0.05) is 0 Å². The molecule has 0 unspecified atom stereocenters. The van der Waals surface area contributed by atoms with Crippen LogP contribution < -0.4 is 4.74 Å². The molecule has 0 radical (unpaired) electrons. The van der Waals surface area contributed by atoms with Crippen molar-refractivity contribution in [3.8, 4) is 17.0 Å². The maximum Gasteiger partial charge on any atom is 0.185 e. The maximum absolute atomic E-state index is 13.2. The van der Waals surface area contributed by atoms with Crippen LogP contribution in [0.3, 0.4) is 0 Å². The van der Waals surface area contributed by atoms with Gasteiger partial charge in [0.15, 0.2) is 23.7 Å². The van der Waals surface area contributed by atoms with Gasteiger partial charge in [-0.3, -0.25) is 4.79 Å². The molecule has 1 N–H and O–H groups in total. The highest BCUT2D eigenvalue weighted by Crippen LogP contribution is 2.29. The summed E-state index contributed by atoms with van der Waals surface area (Å²) < 4.78 is 18.7. The Morgan fingerprint density at radius 1 is 1.53 bits per heavy atom. The van der Waals surface area contributed by atoms with Gasteiger partial charge < -0.3 is 9.72 Å². The first kappa shape index (κ1) is 11.8. The molecule has 0 aliphatic heterocycles. The molecule has 2 aromatic rings. The van der Waals surface area contributed by atoms with Gasteiger partial charge in [0.05, 0.1) is 7.11 Å². The molecule has 0 aliphatic carbocycles. The first-order valence-corrected chi connectivity index (χ1v) is 5.49. The highest BCUT2D eigenvalue weighted by atomic mass is 79.9. The third-order valence-corrected chi connectivity index (χ3v) is 2.79. The van der Waals surface area contributed by atoms with Crippen molar-refractivity contribution < 1.29 is 13.9 Å². The fourth-order valence-electron chi connectivity index (χ4n) is 1.42. The van der Waals surface area contributed by atoms with Crippen molar-refractivity contribution in [2.45, 2.75) is 0 Å². The predicted octanol–water partition coefficient (Wildman–Crippen LogP) is 2.80. The molecule has 2 rings (SSSR count). The zero-order chi connectivity index (χ0) is 12.4. The molecule has 0 bridgehead atoms. The zero-order valence-electron chi connectivity index (χ0n) is 8.83. The smallest absolute Gasteiger partial charge is 0.185 e. The third-order valence-electron chi connectivity index (χ3n) is 2.21. The molecule has 0 amide bonds. The summed E-state index contributed by atoms with van der Waals surface area (Å²) in [6.07, 6.45) is 0.606. The lowest BCUT2D eigenvalue weighted by Gasteiger charge is -2.03. The van der Waals surface area contributed by atoms with Crippen molar-refractivity contribution in [2.75, 3.05) is 7.11 Å². The summed E-state index contributed by atoms with van der Waals surface area (Å²) in [7, 11) is 1.39. The summed E-state index contributed by atoms with van der Waals surface area (Å²) in [5.74, 6) is -0.112. The molecule has 88 valence electrons. The Morgan fingerprint density at radius 2 is 2.29 bits per heavy atom. The first-order valence-electron chi connectivity index (χ1n) is 4.70. The number of carbonyl (C=O) groups is 1. The molecular weight excluding hydrogens is 291 g/mol. The molecule has 17 heavy (non-hydrogen) atoms. The minimum atomic E-state index is -0.446. The highest BCUT2D eigenvalue weighted by Gasteiger charge is 2.12. The van der Waals surface area contributed by atoms with Crippen LogP contribution in [0, 0.1) is 5.82 Å². The standard InChI is InChI=1S/C11H8BrFN2O2/c1-17-8-4-6(2-3-7(8)13)10-11(12)15-9(5-16)14-10/h2-5H,1H3,(H,14,15). The van der Waals surface area contributed by atoms with Crippen LogP contribution in [0.4, 0.5) is 4.39 Å². The van der Waals surface area contributed by atoms with E-state index in [2.05, 4.69) is 25.9 Å². The number of aromatic nitrogens is 2. The van der Waals surface area contributed by atoms with Crippen LogP contribution in [0.2, 0.25) is 0 Å². The number of imidazole rings is 1. The Balaban J connectivity index is 2.52. The van der Waals surface area contributed by atoms with Gasteiger partial charge >= 0.3 is 0 Å². The van der Waals surface area contributed by atoms with Crippen LogP contribution in [0.25, 0.3) is 11.3 Å². The molecule has 0 atom stereocenters. The number of nitrogens with zero attached hydrogens (tertiary/aromatic N) is 1. The van der Waals surface area contributed by atoms with E-state index in [0.29, 0.717) is 22.1 Å². The third kappa shape index (κ3) is 2.21. The van der Waals surface area contributed by atoms with Crippen LogP contribution >= 0.6 is 15.9 Å².